The molecule has 0 aliphatic carbocycles. The molecule has 2 aromatic carbocycles. The van der Waals surface area contributed by atoms with Gasteiger partial charge >= 0.3 is 0 Å². The second-order valence-electron chi connectivity index (χ2n) is 6.09. The van der Waals surface area contributed by atoms with Crippen LogP contribution in [0.3, 0.4) is 0 Å². The van der Waals surface area contributed by atoms with Crippen molar-refractivity contribution in [3.8, 4) is 11.5 Å². The summed E-state index contributed by atoms with van der Waals surface area (Å²) in [6, 6.07) is 17.0. The smallest absolute Gasteiger partial charge is 0.231 e. The van der Waals surface area contributed by atoms with Gasteiger partial charge in [0.25, 0.3) is 0 Å². The van der Waals surface area contributed by atoms with E-state index in [2.05, 4.69) is 18.0 Å². The van der Waals surface area contributed by atoms with Crippen molar-refractivity contribution >= 4 is 11.9 Å². The van der Waals surface area contributed by atoms with E-state index >= 15 is 0 Å². The molecule has 4 nitrogen and oxygen atoms in total. The fraction of sp³-hybridized carbons (Fsp3) is 0.0909. The molecule has 1 aliphatic rings. The third kappa shape index (κ3) is 3.22. The number of fused-ring (bicyclic) bond motifs is 1. The minimum absolute atomic E-state index is 0.123. The number of carbonyl (C=O) groups is 1. The average Bonchev–Trinajstić information content (AvgIpc) is 2.97. The van der Waals surface area contributed by atoms with Gasteiger partial charge in [-0.25, -0.2) is 0 Å². The Hall–Kier alpha value is -3.40. The Kier molecular flexibility index (Phi) is 4.23. The first kappa shape index (κ1) is 16.1. The molecule has 128 valence electrons. The minimum Gasteiger partial charge on any atom is -0.489 e. The zero-order valence-corrected chi connectivity index (χ0v) is 14.3. The first-order valence-electron chi connectivity index (χ1n) is 8.36. The lowest BCUT2D eigenvalue weighted by molar-refractivity contribution is 0.101. The van der Waals surface area contributed by atoms with E-state index in [4.69, 9.17) is 9.47 Å². The van der Waals surface area contributed by atoms with Gasteiger partial charge < -0.3 is 9.47 Å². The minimum atomic E-state index is -0.123. The number of hydrogen-bond acceptors (Lipinski definition) is 4. The quantitative estimate of drug-likeness (QED) is 0.650. The van der Waals surface area contributed by atoms with Gasteiger partial charge in [-0.2, -0.15) is 0 Å². The number of aryl methyl sites for hydroxylation is 1. The van der Waals surface area contributed by atoms with Crippen LogP contribution in [0.1, 0.15) is 27.0 Å². The van der Waals surface area contributed by atoms with E-state index in [1.165, 1.54) is 5.56 Å². The lowest BCUT2D eigenvalue weighted by Gasteiger charge is -2.09. The summed E-state index contributed by atoms with van der Waals surface area (Å²) in [5, 5.41) is 0. The normalized spacial score (nSPS) is 14.2. The van der Waals surface area contributed by atoms with Crippen molar-refractivity contribution in [2.45, 2.75) is 13.5 Å². The van der Waals surface area contributed by atoms with Crippen LogP contribution in [0.5, 0.6) is 11.5 Å². The van der Waals surface area contributed by atoms with Crippen LogP contribution in [0.4, 0.5) is 0 Å². The van der Waals surface area contributed by atoms with Gasteiger partial charge in [0.15, 0.2) is 5.76 Å². The summed E-state index contributed by atoms with van der Waals surface area (Å²) in [5.74, 6) is 1.38. The number of carbonyl (C=O) groups excluding carboxylic acids is 1. The monoisotopic (exact) mass is 343 g/mol. The Morgan fingerprint density at radius 2 is 1.88 bits per heavy atom. The van der Waals surface area contributed by atoms with Crippen LogP contribution in [0.25, 0.3) is 6.08 Å². The summed E-state index contributed by atoms with van der Waals surface area (Å²) in [7, 11) is 0. The second-order valence-corrected chi connectivity index (χ2v) is 6.09. The number of ketones is 1. The Labute approximate surface area is 151 Å². The van der Waals surface area contributed by atoms with Gasteiger partial charge in [0.2, 0.25) is 5.78 Å². The highest BCUT2D eigenvalue weighted by Gasteiger charge is 2.27. The highest BCUT2D eigenvalue weighted by atomic mass is 16.5. The molecular formula is C22H17NO3. The van der Waals surface area contributed by atoms with Crippen LogP contribution in [-0.2, 0) is 6.61 Å². The molecule has 0 spiro atoms. The molecule has 1 aromatic heterocycles. The van der Waals surface area contributed by atoms with Crippen molar-refractivity contribution in [3.63, 3.8) is 0 Å². The van der Waals surface area contributed by atoms with E-state index in [1.54, 1.807) is 36.7 Å². The Bertz CT molecular complexity index is 993. The molecule has 0 saturated carbocycles. The zero-order valence-electron chi connectivity index (χ0n) is 14.3. The highest BCUT2D eigenvalue weighted by molar-refractivity contribution is 6.14. The van der Waals surface area contributed by atoms with Crippen molar-refractivity contribution < 1.29 is 14.3 Å². The highest BCUT2D eigenvalue weighted by Crippen LogP contribution is 2.35. The molecule has 3 aromatic rings. The molecule has 0 bridgehead atoms. The third-order valence-electron chi connectivity index (χ3n) is 4.30. The summed E-state index contributed by atoms with van der Waals surface area (Å²) >= 11 is 0. The van der Waals surface area contributed by atoms with Crippen LogP contribution in [-0.4, -0.2) is 10.8 Å². The fourth-order valence-corrected chi connectivity index (χ4v) is 2.80. The molecule has 4 heteroatoms. The zero-order chi connectivity index (χ0) is 17.9. The second kappa shape index (κ2) is 6.84. The van der Waals surface area contributed by atoms with Crippen molar-refractivity contribution in [3.05, 3.63) is 95.0 Å². The summed E-state index contributed by atoms with van der Waals surface area (Å²) < 4.78 is 11.6. The number of hydrogen-bond donors (Lipinski definition) is 0. The molecule has 0 unspecified atom stereocenters. The maximum Gasteiger partial charge on any atom is 0.231 e. The number of benzene rings is 2. The van der Waals surface area contributed by atoms with Crippen LogP contribution in [0.15, 0.2) is 72.8 Å². The van der Waals surface area contributed by atoms with E-state index in [-0.39, 0.29) is 5.78 Å². The van der Waals surface area contributed by atoms with Crippen molar-refractivity contribution in [2.75, 3.05) is 0 Å². The van der Waals surface area contributed by atoms with Crippen LogP contribution < -0.4 is 9.47 Å². The maximum absolute atomic E-state index is 12.5. The van der Waals surface area contributed by atoms with E-state index in [9.17, 15) is 4.79 Å². The standard InChI is InChI=1S/C22H17NO3/c1-15-4-2-3-5-17(15)14-25-18-6-7-19-20(13-18)26-21(22(19)24)12-16-8-10-23-11-9-16/h2-13H,14H2,1H3/b21-12-. The van der Waals surface area contributed by atoms with Crippen molar-refractivity contribution in [1.29, 1.82) is 0 Å². The molecular weight excluding hydrogens is 326 g/mol. The summed E-state index contributed by atoms with van der Waals surface area (Å²) in [5.41, 5.74) is 3.73. The van der Waals surface area contributed by atoms with E-state index in [1.807, 2.05) is 30.3 Å². The largest absolute Gasteiger partial charge is 0.489 e. The lowest BCUT2D eigenvalue weighted by atomic mass is 10.1. The number of allylic oxidation sites excluding steroid dienone is 1. The van der Waals surface area contributed by atoms with Crippen LogP contribution in [0, 0.1) is 6.92 Å². The molecule has 4 rings (SSSR count). The predicted molar refractivity (Wildman–Crippen MR) is 99.1 cm³/mol. The number of Topliss-reactive ketones (excluding diaryl/α,β-unsaturated/α-hetero) is 1. The van der Waals surface area contributed by atoms with Gasteiger partial charge in [-0.05, 0) is 54.0 Å². The average molecular weight is 343 g/mol. The number of rotatable bonds is 4. The van der Waals surface area contributed by atoms with Gasteiger partial charge in [0.1, 0.15) is 18.1 Å². The first-order valence-corrected chi connectivity index (χ1v) is 8.36. The number of pyridine rings is 1. The Balaban J connectivity index is 1.53. The van der Waals surface area contributed by atoms with Crippen LogP contribution >= 0.6 is 0 Å². The number of nitrogens with zero attached hydrogens (tertiary/aromatic N) is 1. The van der Waals surface area contributed by atoms with E-state index in [0.29, 0.717) is 29.4 Å². The molecule has 0 atom stereocenters. The molecule has 0 amide bonds. The Morgan fingerprint density at radius 1 is 1.08 bits per heavy atom. The number of ether oxygens (including phenoxy) is 2. The molecule has 1 aliphatic heterocycles. The Morgan fingerprint density at radius 3 is 2.69 bits per heavy atom. The van der Waals surface area contributed by atoms with Crippen LogP contribution in [0.2, 0.25) is 0 Å². The topological polar surface area (TPSA) is 48.4 Å². The molecule has 0 fully saturated rings. The summed E-state index contributed by atoms with van der Waals surface area (Å²) in [6.07, 6.45) is 5.07. The third-order valence-corrected chi connectivity index (χ3v) is 4.30. The molecule has 0 radical (unpaired) electrons. The molecule has 26 heavy (non-hydrogen) atoms. The first-order chi connectivity index (χ1) is 12.7. The van der Waals surface area contributed by atoms with Gasteiger partial charge in [0.05, 0.1) is 5.56 Å². The lowest BCUT2D eigenvalue weighted by Crippen LogP contribution is -1.98. The van der Waals surface area contributed by atoms with Crippen molar-refractivity contribution in [2.24, 2.45) is 0 Å². The fourth-order valence-electron chi connectivity index (χ4n) is 2.80. The number of aromatic nitrogens is 1. The van der Waals surface area contributed by atoms with Gasteiger partial charge in [-0.3, -0.25) is 9.78 Å². The molecule has 0 saturated heterocycles. The van der Waals surface area contributed by atoms with E-state index < -0.39 is 0 Å². The van der Waals surface area contributed by atoms with Crippen molar-refractivity contribution in [1.82, 2.24) is 4.98 Å². The van der Waals surface area contributed by atoms with Gasteiger partial charge in [-0.1, -0.05) is 24.3 Å². The summed E-state index contributed by atoms with van der Waals surface area (Å²) in [6.45, 7) is 2.53. The van der Waals surface area contributed by atoms with Gasteiger partial charge in [-0.15, -0.1) is 0 Å². The SMILES string of the molecule is Cc1ccccc1COc1ccc2c(c1)O/C(=C\c1ccncc1)C2=O. The predicted octanol–water partition coefficient (Wildman–Crippen LogP) is 4.59. The van der Waals surface area contributed by atoms with Gasteiger partial charge in [0, 0.05) is 18.5 Å². The molecule has 0 N–H and O–H groups in total. The van der Waals surface area contributed by atoms with E-state index in [0.717, 1.165) is 11.1 Å². The molecule has 2 heterocycles. The summed E-state index contributed by atoms with van der Waals surface area (Å²) in [4.78, 5) is 16.5. The maximum atomic E-state index is 12.5.